The first-order valence-corrected chi connectivity index (χ1v) is 7.47. The number of hydrogen-bond acceptors (Lipinski definition) is 5. The quantitative estimate of drug-likeness (QED) is 0.856. The average molecular weight is 292 g/mol. The Morgan fingerprint density at radius 2 is 1.86 bits per heavy atom. The van der Waals surface area contributed by atoms with Crippen molar-refractivity contribution in [3.63, 3.8) is 0 Å². The van der Waals surface area contributed by atoms with Crippen molar-refractivity contribution in [1.29, 1.82) is 0 Å². The highest BCUT2D eigenvalue weighted by Crippen LogP contribution is 2.22. The van der Waals surface area contributed by atoms with Gasteiger partial charge in [-0.15, -0.1) is 0 Å². The summed E-state index contributed by atoms with van der Waals surface area (Å²) in [6.07, 6.45) is 5.16. The summed E-state index contributed by atoms with van der Waals surface area (Å²) < 4.78 is 0. The van der Waals surface area contributed by atoms with Crippen LogP contribution in [0.25, 0.3) is 0 Å². The lowest BCUT2D eigenvalue weighted by Gasteiger charge is -2.35. The van der Waals surface area contributed by atoms with E-state index in [1.807, 2.05) is 6.07 Å². The number of piperazine rings is 1. The molecule has 0 aliphatic carbocycles. The number of hydrogen-bond donors (Lipinski definition) is 1. The van der Waals surface area contributed by atoms with Crippen LogP contribution in [-0.4, -0.2) is 58.7 Å². The van der Waals surface area contributed by atoms with Gasteiger partial charge in [0.15, 0.2) is 0 Å². The van der Waals surface area contributed by atoms with Crippen molar-refractivity contribution in [2.75, 3.05) is 37.6 Å². The Hall–Kier alpha value is -1.69. The van der Waals surface area contributed by atoms with E-state index < -0.39 is 11.4 Å². The lowest BCUT2D eigenvalue weighted by Crippen LogP contribution is -2.47. The Bertz CT molecular complexity index is 456. The molecular weight excluding hydrogens is 268 g/mol. The van der Waals surface area contributed by atoms with Crippen molar-refractivity contribution in [3.8, 4) is 0 Å². The molecule has 0 spiro atoms. The summed E-state index contributed by atoms with van der Waals surface area (Å²) in [6.45, 7) is 8.34. The fraction of sp³-hybridized carbons (Fsp3) is 0.667. The molecule has 1 aromatic heterocycles. The van der Waals surface area contributed by atoms with Crippen LogP contribution in [0.15, 0.2) is 18.5 Å². The van der Waals surface area contributed by atoms with Gasteiger partial charge in [-0.25, -0.2) is 9.97 Å². The normalized spacial score (nSPS) is 17.0. The Morgan fingerprint density at radius 3 is 2.43 bits per heavy atom. The number of carboxylic acids is 1. The van der Waals surface area contributed by atoms with Crippen LogP contribution in [0.2, 0.25) is 0 Å². The van der Waals surface area contributed by atoms with Crippen LogP contribution >= 0.6 is 0 Å². The predicted molar refractivity (Wildman–Crippen MR) is 81.3 cm³/mol. The second-order valence-electron chi connectivity index (χ2n) is 6.17. The van der Waals surface area contributed by atoms with Gasteiger partial charge >= 0.3 is 5.97 Å². The van der Waals surface area contributed by atoms with Crippen LogP contribution in [-0.2, 0) is 4.79 Å². The third-order valence-corrected chi connectivity index (χ3v) is 4.06. The Balaban J connectivity index is 1.71. The molecule has 1 saturated heterocycles. The Kier molecular flexibility index (Phi) is 5.12. The molecule has 1 aliphatic rings. The highest BCUT2D eigenvalue weighted by Gasteiger charge is 2.27. The molecule has 0 bridgehead atoms. The molecular formula is C15H24N4O2. The van der Waals surface area contributed by atoms with Gasteiger partial charge < -0.3 is 10.0 Å². The molecule has 2 heterocycles. The van der Waals surface area contributed by atoms with Crippen LogP contribution in [0.5, 0.6) is 0 Å². The van der Waals surface area contributed by atoms with Crippen LogP contribution in [0.3, 0.4) is 0 Å². The highest BCUT2D eigenvalue weighted by molar-refractivity contribution is 5.73. The lowest BCUT2D eigenvalue weighted by molar-refractivity contribution is -0.147. The zero-order valence-electron chi connectivity index (χ0n) is 12.8. The largest absolute Gasteiger partial charge is 0.481 e. The second-order valence-corrected chi connectivity index (χ2v) is 6.17. The zero-order valence-corrected chi connectivity index (χ0v) is 12.8. The molecule has 1 fully saturated rings. The molecule has 21 heavy (non-hydrogen) atoms. The number of aliphatic carboxylic acids is 1. The minimum Gasteiger partial charge on any atom is -0.481 e. The van der Waals surface area contributed by atoms with E-state index in [9.17, 15) is 4.79 Å². The van der Waals surface area contributed by atoms with Crippen LogP contribution < -0.4 is 4.90 Å². The van der Waals surface area contributed by atoms with Gasteiger partial charge in [-0.3, -0.25) is 9.69 Å². The average Bonchev–Trinajstić information content (AvgIpc) is 2.48. The molecule has 1 aliphatic heterocycles. The minimum absolute atomic E-state index is 0.625. The van der Waals surface area contributed by atoms with Crippen molar-refractivity contribution in [2.24, 2.45) is 5.41 Å². The number of carboxylic acid groups (broad SMARTS) is 1. The third kappa shape index (κ3) is 4.39. The van der Waals surface area contributed by atoms with Crippen LogP contribution in [0.4, 0.5) is 5.95 Å². The topological polar surface area (TPSA) is 69.6 Å². The van der Waals surface area contributed by atoms with Gasteiger partial charge in [0.1, 0.15) is 0 Å². The van der Waals surface area contributed by atoms with E-state index in [4.69, 9.17) is 5.11 Å². The van der Waals surface area contributed by atoms with E-state index in [0.29, 0.717) is 6.42 Å². The molecule has 0 radical (unpaired) electrons. The summed E-state index contributed by atoms with van der Waals surface area (Å²) >= 11 is 0. The Morgan fingerprint density at radius 1 is 1.24 bits per heavy atom. The molecule has 0 unspecified atom stereocenters. The maximum absolute atomic E-state index is 11.1. The number of carbonyl (C=O) groups is 1. The first-order chi connectivity index (χ1) is 9.99. The van der Waals surface area contributed by atoms with Gasteiger partial charge in [0.05, 0.1) is 5.41 Å². The molecule has 1 N–H and O–H groups in total. The van der Waals surface area contributed by atoms with Crippen molar-refractivity contribution in [2.45, 2.75) is 26.7 Å². The standard InChI is InChI=1S/C15H24N4O2/c1-15(2,13(20)21)5-3-8-18-9-11-19(12-10-18)14-16-6-4-7-17-14/h4,6-7H,3,5,8-12H2,1-2H3,(H,20,21). The van der Waals surface area contributed by atoms with Gasteiger partial charge in [-0.05, 0) is 39.3 Å². The van der Waals surface area contributed by atoms with Gasteiger partial charge in [0.2, 0.25) is 5.95 Å². The molecule has 0 aromatic carbocycles. The van der Waals surface area contributed by atoms with Crippen LogP contribution in [0.1, 0.15) is 26.7 Å². The van der Waals surface area contributed by atoms with E-state index in [1.54, 1.807) is 26.2 Å². The molecule has 116 valence electrons. The number of anilines is 1. The second kappa shape index (κ2) is 6.85. The first kappa shape index (κ1) is 15.7. The summed E-state index contributed by atoms with van der Waals surface area (Å²) in [5.74, 6) is 0.0812. The number of aromatic nitrogens is 2. The molecule has 0 saturated carbocycles. The summed E-state index contributed by atoms with van der Waals surface area (Å²) in [4.78, 5) is 24.2. The molecule has 6 heteroatoms. The smallest absolute Gasteiger partial charge is 0.309 e. The van der Waals surface area contributed by atoms with E-state index >= 15 is 0 Å². The van der Waals surface area contributed by atoms with Crippen molar-refractivity contribution in [1.82, 2.24) is 14.9 Å². The van der Waals surface area contributed by atoms with E-state index in [0.717, 1.165) is 45.1 Å². The fourth-order valence-electron chi connectivity index (χ4n) is 2.48. The molecule has 1 aromatic rings. The third-order valence-electron chi connectivity index (χ3n) is 4.06. The summed E-state index contributed by atoms with van der Waals surface area (Å²) in [5.41, 5.74) is -0.625. The predicted octanol–water partition coefficient (Wildman–Crippen LogP) is 1.49. The molecule has 0 atom stereocenters. The van der Waals surface area contributed by atoms with E-state index in [2.05, 4.69) is 19.8 Å². The number of rotatable bonds is 6. The lowest BCUT2D eigenvalue weighted by atomic mass is 9.88. The first-order valence-electron chi connectivity index (χ1n) is 7.47. The molecule has 0 amide bonds. The SMILES string of the molecule is CC(C)(CCCN1CCN(c2ncccn2)CC1)C(=O)O. The maximum atomic E-state index is 11.1. The monoisotopic (exact) mass is 292 g/mol. The molecule has 2 rings (SSSR count). The van der Waals surface area contributed by atoms with Gasteiger partial charge in [-0.2, -0.15) is 0 Å². The summed E-state index contributed by atoms with van der Waals surface area (Å²) in [7, 11) is 0. The van der Waals surface area contributed by atoms with Crippen molar-refractivity contribution >= 4 is 11.9 Å². The fourth-order valence-corrected chi connectivity index (χ4v) is 2.48. The zero-order chi connectivity index (χ0) is 15.3. The minimum atomic E-state index is -0.714. The van der Waals surface area contributed by atoms with Crippen molar-refractivity contribution < 1.29 is 9.90 Å². The van der Waals surface area contributed by atoms with Gasteiger partial charge in [-0.1, -0.05) is 0 Å². The summed E-state index contributed by atoms with van der Waals surface area (Å²) in [6, 6.07) is 1.82. The van der Waals surface area contributed by atoms with Crippen LogP contribution in [0, 0.1) is 5.41 Å². The van der Waals surface area contributed by atoms with Gasteiger partial charge in [0, 0.05) is 38.6 Å². The Labute approximate surface area is 125 Å². The van der Waals surface area contributed by atoms with E-state index in [-0.39, 0.29) is 0 Å². The highest BCUT2D eigenvalue weighted by atomic mass is 16.4. The number of nitrogens with zero attached hydrogens (tertiary/aromatic N) is 4. The van der Waals surface area contributed by atoms with E-state index in [1.165, 1.54) is 0 Å². The maximum Gasteiger partial charge on any atom is 0.309 e. The molecule has 6 nitrogen and oxygen atoms in total. The summed E-state index contributed by atoms with van der Waals surface area (Å²) in [5, 5.41) is 9.10. The van der Waals surface area contributed by atoms with Gasteiger partial charge in [0.25, 0.3) is 0 Å². The van der Waals surface area contributed by atoms with Crippen molar-refractivity contribution in [3.05, 3.63) is 18.5 Å².